The van der Waals surface area contributed by atoms with Crippen molar-refractivity contribution in [2.24, 2.45) is 7.05 Å². The van der Waals surface area contributed by atoms with Crippen molar-refractivity contribution in [2.75, 3.05) is 11.4 Å². The maximum atomic E-state index is 11.8. The summed E-state index contributed by atoms with van der Waals surface area (Å²) in [6.45, 7) is 2.52. The molecule has 0 aromatic carbocycles. The zero-order valence-electron chi connectivity index (χ0n) is 11.2. The van der Waals surface area contributed by atoms with E-state index < -0.39 is 0 Å². The van der Waals surface area contributed by atoms with Gasteiger partial charge >= 0.3 is 0 Å². The third kappa shape index (κ3) is 1.97. The Balaban J connectivity index is 2.09. The number of aryl methyl sites for hydroxylation is 1. The number of hydrogen-bond acceptors (Lipinski definition) is 5. The molecule has 1 aliphatic heterocycles. The van der Waals surface area contributed by atoms with Crippen LogP contribution in [0.2, 0.25) is 0 Å². The fourth-order valence-corrected chi connectivity index (χ4v) is 2.79. The van der Waals surface area contributed by atoms with Crippen molar-refractivity contribution in [2.45, 2.75) is 32.2 Å². The lowest BCUT2D eigenvalue weighted by atomic mass is 9.99. The van der Waals surface area contributed by atoms with Gasteiger partial charge in [0.25, 0.3) is 0 Å². The van der Waals surface area contributed by atoms with Crippen molar-refractivity contribution in [3.05, 3.63) is 12.5 Å². The Hall–Kier alpha value is -1.98. The highest BCUT2D eigenvalue weighted by Crippen LogP contribution is 2.28. The van der Waals surface area contributed by atoms with E-state index in [9.17, 15) is 4.79 Å². The number of piperidine rings is 1. The van der Waals surface area contributed by atoms with Crippen LogP contribution in [-0.4, -0.2) is 38.1 Å². The largest absolute Gasteiger partial charge is 0.346 e. The Bertz CT molecular complexity index is 621. The smallest absolute Gasteiger partial charge is 0.163 e. The molecular weight excluding hydrogens is 242 g/mol. The van der Waals surface area contributed by atoms with Gasteiger partial charge in [-0.1, -0.05) is 0 Å². The van der Waals surface area contributed by atoms with Crippen molar-refractivity contribution >= 4 is 22.6 Å². The van der Waals surface area contributed by atoms with Gasteiger partial charge in [0.15, 0.2) is 11.4 Å². The first-order chi connectivity index (χ1) is 9.18. The van der Waals surface area contributed by atoms with Gasteiger partial charge in [-0.05, 0) is 26.2 Å². The average Bonchev–Trinajstić information content (AvgIpc) is 2.81. The summed E-state index contributed by atoms with van der Waals surface area (Å²) in [5.74, 6) is 1.04. The van der Waals surface area contributed by atoms with E-state index in [-0.39, 0.29) is 11.8 Å². The van der Waals surface area contributed by atoms with Crippen molar-refractivity contribution < 1.29 is 4.79 Å². The van der Waals surface area contributed by atoms with E-state index in [1.54, 1.807) is 24.1 Å². The number of ketones is 1. The molecule has 0 amide bonds. The van der Waals surface area contributed by atoms with Gasteiger partial charge in [0, 0.05) is 13.6 Å². The molecule has 0 bridgehead atoms. The Morgan fingerprint density at radius 3 is 3.00 bits per heavy atom. The van der Waals surface area contributed by atoms with Gasteiger partial charge in [-0.25, -0.2) is 9.97 Å². The molecule has 2 aromatic heterocycles. The highest BCUT2D eigenvalue weighted by Gasteiger charge is 2.28. The number of nitrogens with zero attached hydrogens (tertiary/aromatic N) is 5. The molecule has 19 heavy (non-hydrogen) atoms. The lowest BCUT2D eigenvalue weighted by molar-refractivity contribution is -0.118. The summed E-state index contributed by atoms with van der Waals surface area (Å²) in [6, 6.07) is -0.0629. The number of carbonyl (C=O) groups excluding carboxylic acids is 1. The van der Waals surface area contributed by atoms with Crippen LogP contribution in [0.4, 0.5) is 5.82 Å². The van der Waals surface area contributed by atoms with Crippen LogP contribution in [0.3, 0.4) is 0 Å². The van der Waals surface area contributed by atoms with Gasteiger partial charge in [0.2, 0.25) is 0 Å². The first kappa shape index (κ1) is 12.1. The first-order valence-electron chi connectivity index (χ1n) is 6.58. The van der Waals surface area contributed by atoms with Crippen LogP contribution in [-0.2, 0) is 11.8 Å². The summed E-state index contributed by atoms with van der Waals surface area (Å²) in [6.07, 6.45) is 6.42. The monoisotopic (exact) mass is 259 g/mol. The van der Waals surface area contributed by atoms with Crippen molar-refractivity contribution in [1.29, 1.82) is 0 Å². The number of aromatic nitrogens is 4. The third-order valence-corrected chi connectivity index (χ3v) is 3.75. The second-order valence-corrected chi connectivity index (χ2v) is 5.02. The normalized spacial score (nSPS) is 19.9. The fourth-order valence-electron chi connectivity index (χ4n) is 2.79. The Kier molecular flexibility index (Phi) is 2.93. The molecule has 0 saturated carbocycles. The Morgan fingerprint density at radius 1 is 1.37 bits per heavy atom. The number of rotatable bonds is 2. The van der Waals surface area contributed by atoms with Crippen LogP contribution in [0.1, 0.15) is 26.2 Å². The summed E-state index contributed by atoms with van der Waals surface area (Å²) in [7, 11) is 1.86. The van der Waals surface area contributed by atoms with E-state index in [0.29, 0.717) is 0 Å². The van der Waals surface area contributed by atoms with Crippen LogP contribution in [0.5, 0.6) is 0 Å². The van der Waals surface area contributed by atoms with Crippen LogP contribution in [0.15, 0.2) is 12.5 Å². The van der Waals surface area contributed by atoms with E-state index in [2.05, 4.69) is 20.0 Å². The molecular formula is C13H17N5O. The summed E-state index contributed by atoms with van der Waals surface area (Å²) >= 11 is 0. The molecule has 0 spiro atoms. The maximum absolute atomic E-state index is 11.8. The maximum Gasteiger partial charge on any atom is 0.163 e. The standard InChI is InChI=1S/C13H17N5O/c1-9(19)11-5-3-4-6-18(11)13-10-7-16-17(2)12(10)14-8-15-13/h7-8,11H,3-6H2,1-2H3. The Labute approximate surface area is 111 Å². The predicted molar refractivity (Wildman–Crippen MR) is 72.0 cm³/mol. The van der Waals surface area contributed by atoms with Crippen molar-refractivity contribution in [1.82, 2.24) is 19.7 Å². The minimum atomic E-state index is -0.0629. The number of anilines is 1. The lowest BCUT2D eigenvalue weighted by Gasteiger charge is -2.35. The van der Waals surface area contributed by atoms with E-state index >= 15 is 0 Å². The summed E-state index contributed by atoms with van der Waals surface area (Å²) in [4.78, 5) is 22.6. The van der Waals surface area contributed by atoms with Crippen LogP contribution >= 0.6 is 0 Å². The summed E-state index contributed by atoms with van der Waals surface area (Å²) < 4.78 is 1.73. The highest BCUT2D eigenvalue weighted by atomic mass is 16.1. The molecule has 1 atom stereocenters. The molecule has 6 nitrogen and oxygen atoms in total. The molecule has 1 fully saturated rings. The molecule has 1 unspecified atom stereocenters. The predicted octanol–water partition coefficient (Wildman–Crippen LogP) is 1.31. The zero-order valence-corrected chi connectivity index (χ0v) is 11.2. The van der Waals surface area contributed by atoms with E-state index in [1.165, 1.54) is 0 Å². The van der Waals surface area contributed by atoms with Gasteiger partial charge in [0.1, 0.15) is 12.1 Å². The van der Waals surface area contributed by atoms with Crippen LogP contribution in [0, 0.1) is 0 Å². The van der Waals surface area contributed by atoms with Gasteiger partial charge in [0.05, 0.1) is 17.6 Å². The minimum absolute atomic E-state index is 0.0629. The van der Waals surface area contributed by atoms with Gasteiger partial charge in [-0.2, -0.15) is 5.10 Å². The second kappa shape index (κ2) is 4.60. The molecule has 6 heteroatoms. The van der Waals surface area contributed by atoms with E-state index in [4.69, 9.17) is 0 Å². The van der Waals surface area contributed by atoms with E-state index in [1.807, 2.05) is 7.05 Å². The molecule has 3 rings (SSSR count). The Morgan fingerprint density at radius 2 is 2.21 bits per heavy atom. The lowest BCUT2D eigenvalue weighted by Crippen LogP contribution is -2.44. The van der Waals surface area contributed by atoms with Crippen molar-refractivity contribution in [3.8, 4) is 0 Å². The van der Waals surface area contributed by atoms with Crippen LogP contribution in [0.25, 0.3) is 11.0 Å². The third-order valence-electron chi connectivity index (χ3n) is 3.75. The van der Waals surface area contributed by atoms with Crippen LogP contribution < -0.4 is 4.90 Å². The van der Waals surface area contributed by atoms with Crippen molar-refractivity contribution in [3.63, 3.8) is 0 Å². The topological polar surface area (TPSA) is 63.9 Å². The number of Topliss-reactive ketones (excluding diaryl/α,β-unsaturated/α-hetero) is 1. The molecule has 2 aromatic rings. The molecule has 100 valence electrons. The molecule has 0 radical (unpaired) electrons. The number of hydrogen-bond donors (Lipinski definition) is 0. The SMILES string of the molecule is CC(=O)C1CCCCN1c1ncnc2c1cnn2C. The first-order valence-corrected chi connectivity index (χ1v) is 6.58. The quantitative estimate of drug-likeness (QED) is 0.813. The zero-order chi connectivity index (χ0) is 13.4. The summed E-state index contributed by atoms with van der Waals surface area (Å²) in [5, 5.41) is 5.14. The summed E-state index contributed by atoms with van der Waals surface area (Å²) in [5.41, 5.74) is 0.804. The molecule has 0 aliphatic carbocycles. The van der Waals surface area contributed by atoms with Gasteiger partial charge in [-0.15, -0.1) is 0 Å². The fraction of sp³-hybridized carbons (Fsp3) is 0.538. The average molecular weight is 259 g/mol. The highest BCUT2D eigenvalue weighted by molar-refractivity contribution is 5.91. The minimum Gasteiger partial charge on any atom is -0.346 e. The van der Waals surface area contributed by atoms with Gasteiger partial charge < -0.3 is 4.90 Å². The van der Waals surface area contributed by atoms with Gasteiger partial charge in [-0.3, -0.25) is 9.48 Å². The number of fused-ring (bicyclic) bond motifs is 1. The molecule has 3 heterocycles. The number of carbonyl (C=O) groups is 1. The second-order valence-electron chi connectivity index (χ2n) is 5.02. The van der Waals surface area contributed by atoms with E-state index in [0.717, 1.165) is 42.7 Å². The molecule has 0 N–H and O–H groups in total. The molecule has 1 saturated heterocycles. The molecule has 1 aliphatic rings.